The molecule has 0 spiro atoms. The maximum atomic E-state index is 14.0. The van der Waals surface area contributed by atoms with Crippen LogP contribution in [0.5, 0.6) is 0 Å². The van der Waals surface area contributed by atoms with Gasteiger partial charge in [0.25, 0.3) is 0 Å². The molecule has 3 amide bonds. The Morgan fingerprint density at radius 1 is 1.11 bits per heavy atom. The Morgan fingerprint density at radius 2 is 1.76 bits per heavy atom. The molecule has 0 saturated heterocycles. The van der Waals surface area contributed by atoms with Gasteiger partial charge in [-0.3, -0.25) is 14.4 Å². The summed E-state index contributed by atoms with van der Waals surface area (Å²) < 4.78 is 10.4. The van der Waals surface area contributed by atoms with Crippen LogP contribution in [0.4, 0.5) is 4.79 Å². The monoisotopic (exact) mass is 551 g/mol. The molecule has 214 valence electrons. The van der Waals surface area contributed by atoms with Crippen molar-refractivity contribution in [2.24, 2.45) is 0 Å². The van der Waals surface area contributed by atoms with E-state index in [9.17, 15) is 19.2 Å². The first-order valence-electron chi connectivity index (χ1n) is 13.0. The predicted molar refractivity (Wildman–Crippen MR) is 151 cm³/mol. The van der Waals surface area contributed by atoms with Gasteiger partial charge in [0.2, 0.25) is 11.8 Å². The lowest BCUT2D eigenvalue weighted by Crippen LogP contribution is -2.55. The third-order valence-corrected chi connectivity index (χ3v) is 6.23. The first-order chi connectivity index (χ1) is 17.7. The third-order valence-electron chi connectivity index (χ3n) is 5.59. The lowest BCUT2D eigenvalue weighted by atomic mass is 9.95. The number of ether oxygens (including phenoxy) is 2. The van der Waals surface area contributed by atoms with Crippen LogP contribution in [-0.4, -0.2) is 71.6 Å². The van der Waals surface area contributed by atoms with E-state index in [2.05, 4.69) is 10.6 Å². The largest absolute Gasteiger partial charge is 0.466 e. The van der Waals surface area contributed by atoms with Gasteiger partial charge in [-0.05, 0) is 84.9 Å². The van der Waals surface area contributed by atoms with E-state index in [1.807, 2.05) is 52.1 Å². The van der Waals surface area contributed by atoms with Gasteiger partial charge in [0.05, 0.1) is 13.0 Å². The van der Waals surface area contributed by atoms with Crippen molar-refractivity contribution in [3.05, 3.63) is 34.9 Å². The van der Waals surface area contributed by atoms with Crippen LogP contribution in [0.15, 0.2) is 18.2 Å². The summed E-state index contributed by atoms with van der Waals surface area (Å²) in [4.78, 5) is 53.6. The zero-order chi connectivity index (χ0) is 29.0. The number of benzene rings is 1. The van der Waals surface area contributed by atoms with Crippen LogP contribution in [-0.2, 0) is 23.9 Å². The molecule has 1 aromatic rings. The molecule has 38 heavy (non-hydrogen) atoms. The maximum absolute atomic E-state index is 14.0. The molecule has 1 aromatic carbocycles. The Balaban J connectivity index is 3.42. The number of esters is 1. The molecule has 2 N–H and O–H groups in total. The van der Waals surface area contributed by atoms with E-state index in [1.54, 1.807) is 39.5 Å². The van der Waals surface area contributed by atoms with Crippen LogP contribution >= 0.6 is 11.8 Å². The average Bonchev–Trinajstić information content (AvgIpc) is 2.79. The summed E-state index contributed by atoms with van der Waals surface area (Å²) in [5.74, 6) is -0.584. The molecule has 2 atom stereocenters. The number of nitrogens with one attached hydrogen (secondary N) is 2. The minimum atomic E-state index is -0.970. The van der Waals surface area contributed by atoms with Crippen molar-refractivity contribution in [3.8, 4) is 0 Å². The summed E-state index contributed by atoms with van der Waals surface area (Å²) >= 11 is 1.55. The summed E-state index contributed by atoms with van der Waals surface area (Å²) in [6, 6.07) is 3.47. The van der Waals surface area contributed by atoms with Crippen molar-refractivity contribution in [1.82, 2.24) is 15.5 Å². The minimum Gasteiger partial charge on any atom is -0.466 e. The van der Waals surface area contributed by atoms with Crippen LogP contribution in [0.1, 0.15) is 77.1 Å². The molecule has 0 radical (unpaired) electrons. The van der Waals surface area contributed by atoms with Crippen molar-refractivity contribution in [2.75, 3.05) is 25.2 Å². The maximum Gasteiger partial charge on any atom is 0.408 e. The molecule has 10 heteroatoms. The van der Waals surface area contributed by atoms with Gasteiger partial charge in [-0.1, -0.05) is 23.8 Å². The fourth-order valence-electron chi connectivity index (χ4n) is 3.97. The molecule has 0 heterocycles. The second-order valence-corrected chi connectivity index (χ2v) is 11.4. The predicted octanol–water partition coefficient (Wildman–Crippen LogP) is 4.30. The van der Waals surface area contributed by atoms with Crippen LogP contribution < -0.4 is 10.6 Å². The molecule has 0 aliphatic heterocycles. The van der Waals surface area contributed by atoms with Gasteiger partial charge in [0.15, 0.2) is 0 Å². The molecule has 0 saturated carbocycles. The van der Waals surface area contributed by atoms with Crippen molar-refractivity contribution in [3.63, 3.8) is 0 Å². The molecule has 0 bridgehead atoms. The van der Waals surface area contributed by atoms with Gasteiger partial charge in [-0.25, -0.2) is 4.79 Å². The zero-order valence-electron chi connectivity index (χ0n) is 24.3. The minimum absolute atomic E-state index is 0.0192. The first kappa shape index (κ1) is 33.3. The van der Waals surface area contributed by atoms with Gasteiger partial charge < -0.3 is 25.0 Å². The van der Waals surface area contributed by atoms with Gasteiger partial charge in [0.1, 0.15) is 17.7 Å². The van der Waals surface area contributed by atoms with Crippen LogP contribution in [0, 0.1) is 13.8 Å². The molecule has 0 fully saturated rings. The third kappa shape index (κ3) is 10.9. The summed E-state index contributed by atoms with van der Waals surface area (Å²) in [7, 11) is 0. The second kappa shape index (κ2) is 15.6. The fraction of sp³-hybridized carbons (Fsp3) is 0.643. The van der Waals surface area contributed by atoms with E-state index in [4.69, 9.17) is 9.47 Å². The van der Waals surface area contributed by atoms with Gasteiger partial charge >= 0.3 is 12.1 Å². The highest BCUT2D eigenvalue weighted by molar-refractivity contribution is 7.98. The number of rotatable bonds is 13. The normalized spacial score (nSPS) is 12.9. The van der Waals surface area contributed by atoms with E-state index >= 15 is 0 Å². The van der Waals surface area contributed by atoms with Crippen LogP contribution in [0.2, 0.25) is 0 Å². The number of amides is 3. The van der Waals surface area contributed by atoms with Crippen molar-refractivity contribution in [1.29, 1.82) is 0 Å². The smallest absolute Gasteiger partial charge is 0.408 e. The quantitative estimate of drug-likeness (QED) is 0.352. The number of carbonyl (C=O) groups excluding carboxylic acids is 4. The summed E-state index contributed by atoms with van der Waals surface area (Å²) in [6.07, 6.45) is 1.62. The number of carbonyl (C=O) groups is 4. The molecule has 0 aromatic heterocycles. The lowest BCUT2D eigenvalue weighted by Gasteiger charge is -2.37. The highest BCUT2D eigenvalue weighted by Gasteiger charge is 2.38. The van der Waals surface area contributed by atoms with Gasteiger partial charge in [-0.2, -0.15) is 11.8 Å². The van der Waals surface area contributed by atoms with Gasteiger partial charge in [0, 0.05) is 12.6 Å². The molecule has 0 aliphatic carbocycles. The SMILES string of the molecule is CCOC(=O)CCNC(=O)C(c1ccc(C)cc1C)N(C(=O)C(CCSC)NC(=O)OC(C)(C)C)C(C)C. The topological polar surface area (TPSA) is 114 Å². The Labute approximate surface area is 231 Å². The highest BCUT2D eigenvalue weighted by Crippen LogP contribution is 2.28. The Hall–Kier alpha value is -2.75. The fourth-order valence-corrected chi connectivity index (χ4v) is 4.44. The summed E-state index contributed by atoms with van der Waals surface area (Å²) in [5.41, 5.74) is 1.83. The second-order valence-electron chi connectivity index (χ2n) is 10.4. The van der Waals surface area contributed by atoms with E-state index in [0.29, 0.717) is 17.7 Å². The lowest BCUT2D eigenvalue weighted by molar-refractivity contribution is -0.145. The van der Waals surface area contributed by atoms with E-state index in [0.717, 1.165) is 11.1 Å². The molecule has 1 rings (SSSR count). The molecule has 2 unspecified atom stereocenters. The number of aryl methyl sites for hydroxylation is 2. The Kier molecular flexibility index (Phi) is 13.7. The average molecular weight is 552 g/mol. The van der Waals surface area contributed by atoms with Gasteiger partial charge in [-0.15, -0.1) is 0 Å². The first-order valence-corrected chi connectivity index (χ1v) is 14.4. The molecule has 0 aliphatic rings. The number of hydrogen-bond acceptors (Lipinski definition) is 7. The van der Waals surface area contributed by atoms with E-state index in [-0.39, 0.29) is 31.5 Å². The van der Waals surface area contributed by atoms with Crippen molar-refractivity contribution < 1.29 is 28.7 Å². The number of hydrogen-bond donors (Lipinski definition) is 2. The Bertz CT molecular complexity index is 960. The van der Waals surface area contributed by atoms with E-state index < -0.39 is 35.7 Å². The van der Waals surface area contributed by atoms with Crippen molar-refractivity contribution in [2.45, 2.75) is 92.0 Å². The standard InChI is InChI=1S/C28H45N3O6S/c1-10-36-23(32)13-15-29-25(33)24(21-12-11-19(4)17-20(21)5)31(18(2)3)26(34)22(14-16-38-9)30-27(35)37-28(6,7)8/h11-12,17-18,22,24H,10,13-16H2,1-9H3,(H,29,33)(H,30,35). The van der Waals surface area contributed by atoms with Crippen LogP contribution in [0.25, 0.3) is 0 Å². The zero-order valence-corrected chi connectivity index (χ0v) is 25.1. The molecular weight excluding hydrogens is 506 g/mol. The number of nitrogens with zero attached hydrogens (tertiary/aromatic N) is 1. The van der Waals surface area contributed by atoms with Crippen LogP contribution in [0.3, 0.4) is 0 Å². The molecule has 9 nitrogen and oxygen atoms in total. The molecular formula is C28H45N3O6S. The summed E-state index contributed by atoms with van der Waals surface area (Å²) in [5, 5.41) is 5.53. The summed E-state index contributed by atoms with van der Waals surface area (Å²) in [6.45, 7) is 14.8. The Morgan fingerprint density at radius 3 is 2.29 bits per heavy atom. The van der Waals surface area contributed by atoms with Crippen molar-refractivity contribution >= 4 is 35.6 Å². The number of thioether (sulfide) groups is 1. The number of alkyl carbamates (subject to hydrolysis) is 1. The van der Waals surface area contributed by atoms with E-state index in [1.165, 1.54) is 4.90 Å². The highest BCUT2D eigenvalue weighted by atomic mass is 32.2.